The maximum Gasteiger partial charge on any atom is 0.280 e. The van der Waals surface area contributed by atoms with E-state index in [2.05, 4.69) is 10.9 Å². The molecule has 0 fully saturated rings. The summed E-state index contributed by atoms with van der Waals surface area (Å²) in [5.74, 6) is -0.969. The smallest absolute Gasteiger partial charge is 0.280 e. The number of hydrogen-bond acceptors (Lipinski definition) is 4. The van der Waals surface area contributed by atoms with Gasteiger partial charge in [-0.25, -0.2) is 4.39 Å². The number of thiophene rings is 1. The number of nitrogens with one attached hydrogen (secondary N) is 2. The van der Waals surface area contributed by atoms with Gasteiger partial charge in [-0.2, -0.15) is 0 Å². The quantitative estimate of drug-likeness (QED) is 0.658. The molecular formula is C20H17FN2O3S. The molecule has 7 heteroatoms. The molecule has 0 spiro atoms. The largest absolute Gasteiger partial charge is 0.481 e. The molecule has 2 N–H and O–H groups in total. The van der Waals surface area contributed by atoms with Gasteiger partial charge in [0.1, 0.15) is 16.4 Å². The molecule has 1 atom stereocenters. The van der Waals surface area contributed by atoms with Crippen LogP contribution in [0, 0.1) is 5.82 Å². The predicted molar refractivity (Wildman–Crippen MR) is 102 cm³/mol. The highest BCUT2D eigenvalue weighted by Gasteiger charge is 2.18. The molecular weight excluding hydrogens is 367 g/mol. The van der Waals surface area contributed by atoms with Crippen molar-refractivity contribution >= 4 is 23.2 Å². The molecule has 0 aliphatic heterocycles. The van der Waals surface area contributed by atoms with E-state index in [1.807, 2.05) is 41.8 Å². The van der Waals surface area contributed by atoms with Crippen molar-refractivity contribution in [3.63, 3.8) is 0 Å². The number of amides is 2. The normalized spacial score (nSPS) is 11.5. The van der Waals surface area contributed by atoms with E-state index in [1.165, 1.54) is 42.5 Å². The number of rotatable bonds is 5. The van der Waals surface area contributed by atoms with Gasteiger partial charge in [-0.1, -0.05) is 30.3 Å². The minimum Gasteiger partial charge on any atom is -0.481 e. The fraction of sp³-hybridized carbons (Fsp3) is 0.100. The third-order valence-corrected chi connectivity index (χ3v) is 4.66. The SMILES string of the molecule is CC(Oc1ccc(F)cc1)C(=O)NNC(=O)c1sccc1-c1ccccc1. The summed E-state index contributed by atoms with van der Waals surface area (Å²) in [6.45, 7) is 1.53. The van der Waals surface area contributed by atoms with Crippen molar-refractivity contribution in [3.8, 4) is 16.9 Å². The number of hydrogen-bond donors (Lipinski definition) is 2. The van der Waals surface area contributed by atoms with E-state index in [-0.39, 0.29) is 0 Å². The second kappa shape index (κ2) is 8.46. The minimum atomic E-state index is -0.868. The number of ether oxygens (including phenoxy) is 1. The average molecular weight is 384 g/mol. The van der Waals surface area contributed by atoms with Crippen molar-refractivity contribution in [3.05, 3.63) is 76.7 Å². The van der Waals surface area contributed by atoms with Gasteiger partial charge in [-0.3, -0.25) is 20.4 Å². The first kappa shape index (κ1) is 18.6. The number of carbonyl (C=O) groups excluding carboxylic acids is 2. The van der Waals surface area contributed by atoms with Crippen LogP contribution in [-0.2, 0) is 4.79 Å². The van der Waals surface area contributed by atoms with E-state index in [1.54, 1.807) is 0 Å². The molecule has 1 unspecified atom stereocenters. The van der Waals surface area contributed by atoms with E-state index in [9.17, 15) is 14.0 Å². The zero-order valence-electron chi connectivity index (χ0n) is 14.4. The van der Waals surface area contributed by atoms with Crippen LogP contribution in [0.15, 0.2) is 66.0 Å². The van der Waals surface area contributed by atoms with Crippen LogP contribution in [0.4, 0.5) is 4.39 Å². The lowest BCUT2D eigenvalue weighted by Gasteiger charge is -2.15. The van der Waals surface area contributed by atoms with Gasteiger partial charge >= 0.3 is 0 Å². The first-order chi connectivity index (χ1) is 13.0. The molecule has 5 nitrogen and oxygen atoms in total. The molecule has 2 aromatic carbocycles. The molecule has 2 amide bonds. The molecule has 0 saturated carbocycles. The summed E-state index contributed by atoms with van der Waals surface area (Å²) in [4.78, 5) is 25.0. The fourth-order valence-electron chi connectivity index (χ4n) is 2.38. The molecule has 0 aliphatic carbocycles. The fourth-order valence-corrected chi connectivity index (χ4v) is 3.19. The number of benzene rings is 2. The minimum absolute atomic E-state index is 0.356. The van der Waals surface area contributed by atoms with Crippen molar-refractivity contribution in [1.29, 1.82) is 0 Å². The van der Waals surface area contributed by atoms with Gasteiger partial charge in [0.05, 0.1) is 0 Å². The van der Waals surface area contributed by atoms with Crippen molar-refractivity contribution < 1.29 is 18.7 Å². The Labute approximate surface area is 159 Å². The van der Waals surface area contributed by atoms with Crippen molar-refractivity contribution in [1.82, 2.24) is 10.9 Å². The Hall–Kier alpha value is -3.19. The molecule has 3 rings (SSSR count). The highest BCUT2D eigenvalue weighted by molar-refractivity contribution is 7.12. The molecule has 0 radical (unpaired) electrons. The second-order valence-corrected chi connectivity index (χ2v) is 6.60. The van der Waals surface area contributed by atoms with Crippen LogP contribution in [0.25, 0.3) is 11.1 Å². The third kappa shape index (κ3) is 4.71. The van der Waals surface area contributed by atoms with E-state index in [4.69, 9.17) is 4.74 Å². The van der Waals surface area contributed by atoms with Crippen LogP contribution in [0.2, 0.25) is 0 Å². The summed E-state index contributed by atoms with van der Waals surface area (Å²) in [6, 6.07) is 16.7. The van der Waals surface area contributed by atoms with Gasteiger partial charge in [0.25, 0.3) is 11.8 Å². The van der Waals surface area contributed by atoms with E-state index >= 15 is 0 Å². The van der Waals surface area contributed by atoms with Crippen LogP contribution in [0.3, 0.4) is 0 Å². The Morgan fingerprint density at radius 3 is 2.41 bits per heavy atom. The van der Waals surface area contributed by atoms with Gasteiger partial charge < -0.3 is 4.74 Å². The summed E-state index contributed by atoms with van der Waals surface area (Å²) < 4.78 is 18.3. The van der Waals surface area contributed by atoms with Crippen molar-refractivity contribution in [2.75, 3.05) is 0 Å². The zero-order valence-corrected chi connectivity index (χ0v) is 15.3. The van der Waals surface area contributed by atoms with Gasteiger partial charge in [0, 0.05) is 5.56 Å². The monoisotopic (exact) mass is 384 g/mol. The van der Waals surface area contributed by atoms with Crippen LogP contribution >= 0.6 is 11.3 Å². The van der Waals surface area contributed by atoms with Gasteiger partial charge in [-0.05, 0) is 48.2 Å². The Morgan fingerprint density at radius 2 is 1.70 bits per heavy atom. The maximum absolute atomic E-state index is 12.9. The molecule has 138 valence electrons. The number of hydrazine groups is 1. The van der Waals surface area contributed by atoms with Gasteiger partial charge in [-0.15, -0.1) is 11.3 Å². The lowest BCUT2D eigenvalue weighted by atomic mass is 10.1. The summed E-state index contributed by atoms with van der Waals surface area (Å²) >= 11 is 1.29. The number of halogens is 1. The zero-order chi connectivity index (χ0) is 19.2. The molecule has 27 heavy (non-hydrogen) atoms. The van der Waals surface area contributed by atoms with Gasteiger partial charge in [0.2, 0.25) is 0 Å². The lowest BCUT2D eigenvalue weighted by molar-refractivity contribution is -0.128. The highest BCUT2D eigenvalue weighted by Crippen LogP contribution is 2.27. The van der Waals surface area contributed by atoms with Crippen LogP contribution in [-0.4, -0.2) is 17.9 Å². The molecule has 0 saturated heterocycles. The van der Waals surface area contributed by atoms with E-state index < -0.39 is 23.7 Å². The van der Waals surface area contributed by atoms with Crippen LogP contribution in [0.5, 0.6) is 5.75 Å². The van der Waals surface area contributed by atoms with Gasteiger partial charge in [0.15, 0.2) is 6.10 Å². The summed E-state index contributed by atoms with van der Waals surface area (Å²) in [7, 11) is 0. The topological polar surface area (TPSA) is 67.4 Å². The third-order valence-electron chi connectivity index (χ3n) is 3.75. The summed E-state index contributed by atoms with van der Waals surface area (Å²) in [5.41, 5.74) is 6.47. The first-order valence-electron chi connectivity index (χ1n) is 8.20. The van der Waals surface area contributed by atoms with E-state index in [0.29, 0.717) is 10.6 Å². The first-order valence-corrected chi connectivity index (χ1v) is 9.08. The van der Waals surface area contributed by atoms with Crippen molar-refractivity contribution in [2.45, 2.75) is 13.0 Å². The maximum atomic E-state index is 12.9. The summed E-state index contributed by atoms with van der Waals surface area (Å²) in [5, 5.41) is 1.82. The summed E-state index contributed by atoms with van der Waals surface area (Å²) in [6.07, 6.45) is -0.868. The second-order valence-electron chi connectivity index (χ2n) is 5.69. The van der Waals surface area contributed by atoms with Crippen LogP contribution in [0.1, 0.15) is 16.6 Å². The molecule has 1 aromatic heterocycles. The van der Waals surface area contributed by atoms with Crippen molar-refractivity contribution in [2.24, 2.45) is 0 Å². The number of carbonyl (C=O) groups is 2. The average Bonchev–Trinajstić information content (AvgIpc) is 3.18. The highest BCUT2D eigenvalue weighted by atomic mass is 32.1. The molecule has 1 heterocycles. The molecule has 0 bridgehead atoms. The molecule has 0 aliphatic rings. The Kier molecular flexibility index (Phi) is 5.83. The van der Waals surface area contributed by atoms with E-state index in [0.717, 1.165) is 11.1 Å². The Bertz CT molecular complexity index is 926. The lowest BCUT2D eigenvalue weighted by Crippen LogP contribution is -2.47. The standard InChI is InChI=1S/C20H17FN2O3S/c1-13(26-16-9-7-15(21)8-10-16)19(24)22-23-20(25)18-17(11-12-27-18)14-5-3-2-4-6-14/h2-13H,1H3,(H,22,24)(H,23,25). The predicted octanol–water partition coefficient (Wildman–Crippen LogP) is 3.78. The Morgan fingerprint density at radius 1 is 1.00 bits per heavy atom. The molecule has 3 aromatic rings. The Balaban J connectivity index is 1.58. The van der Waals surface area contributed by atoms with Crippen LogP contribution < -0.4 is 15.6 Å².